The molecule has 0 aliphatic heterocycles. The molecule has 0 saturated carbocycles. The monoisotopic (exact) mass is 304 g/mol. The number of rotatable bonds is 2. The van der Waals surface area contributed by atoms with Gasteiger partial charge in [0, 0.05) is 24.4 Å². The van der Waals surface area contributed by atoms with Crippen LogP contribution in [0.1, 0.15) is 0 Å². The Bertz CT molecular complexity index is 750. The molecule has 0 amide bonds. The van der Waals surface area contributed by atoms with Crippen LogP contribution < -0.4 is 0 Å². The van der Waals surface area contributed by atoms with Crippen molar-refractivity contribution >= 4 is 23.2 Å². The van der Waals surface area contributed by atoms with Gasteiger partial charge in [0.25, 0.3) is 0 Å². The third kappa shape index (κ3) is 2.40. The summed E-state index contributed by atoms with van der Waals surface area (Å²) in [4.78, 5) is 8.58. The molecule has 2 aromatic heterocycles. The molecule has 3 aromatic rings. The number of pyridine rings is 1. The zero-order valence-corrected chi connectivity index (χ0v) is 12.1. The molecule has 1 aromatic carbocycles. The molecule has 0 spiro atoms. The largest absolute Gasteiger partial charge is 0.248 e. The number of halogens is 2. The maximum absolute atomic E-state index is 6.17. The van der Waals surface area contributed by atoms with Crippen LogP contribution in [0.25, 0.3) is 22.8 Å². The summed E-state index contributed by atoms with van der Waals surface area (Å²) in [5.41, 5.74) is 1.65. The molecule has 0 saturated heterocycles. The van der Waals surface area contributed by atoms with E-state index in [4.69, 9.17) is 23.2 Å². The first-order valence-corrected chi connectivity index (χ1v) is 6.68. The average Bonchev–Trinajstić information content (AvgIpc) is 2.82. The Morgan fingerprint density at radius 2 is 1.85 bits per heavy atom. The van der Waals surface area contributed by atoms with Gasteiger partial charge in [-0.15, -0.1) is 0 Å². The highest BCUT2D eigenvalue weighted by molar-refractivity contribution is 6.33. The predicted molar refractivity (Wildman–Crippen MR) is 79.7 cm³/mol. The van der Waals surface area contributed by atoms with Crippen molar-refractivity contribution in [3.63, 3.8) is 0 Å². The summed E-state index contributed by atoms with van der Waals surface area (Å²) < 4.78 is 1.70. The Morgan fingerprint density at radius 3 is 2.55 bits per heavy atom. The van der Waals surface area contributed by atoms with E-state index in [1.165, 1.54) is 0 Å². The fourth-order valence-electron chi connectivity index (χ4n) is 1.90. The van der Waals surface area contributed by atoms with E-state index < -0.39 is 0 Å². The lowest BCUT2D eigenvalue weighted by Gasteiger charge is -1.98. The highest BCUT2D eigenvalue weighted by atomic mass is 35.5. The molecule has 0 N–H and O–H groups in total. The molecule has 0 fully saturated rings. The zero-order valence-electron chi connectivity index (χ0n) is 10.6. The van der Waals surface area contributed by atoms with Crippen molar-refractivity contribution in [3.05, 3.63) is 52.8 Å². The van der Waals surface area contributed by atoms with Crippen LogP contribution >= 0.6 is 23.2 Å². The lowest BCUT2D eigenvalue weighted by molar-refractivity contribution is 0.777. The van der Waals surface area contributed by atoms with Crippen LogP contribution in [0.2, 0.25) is 10.2 Å². The first-order chi connectivity index (χ1) is 9.65. The molecule has 0 aliphatic carbocycles. The molecule has 6 heteroatoms. The van der Waals surface area contributed by atoms with E-state index >= 15 is 0 Å². The number of benzene rings is 1. The predicted octanol–water partition coefficient (Wildman–Crippen LogP) is 3.85. The maximum Gasteiger partial charge on any atom is 0.183 e. The molecular weight excluding hydrogens is 295 g/mol. The van der Waals surface area contributed by atoms with E-state index in [2.05, 4.69) is 15.1 Å². The molecular formula is C14H10Cl2N4. The second kappa shape index (κ2) is 5.23. The molecule has 4 nitrogen and oxygen atoms in total. The second-order valence-corrected chi connectivity index (χ2v) is 5.03. The Morgan fingerprint density at radius 1 is 1.05 bits per heavy atom. The Labute approximate surface area is 126 Å². The highest BCUT2D eigenvalue weighted by Crippen LogP contribution is 2.27. The Balaban J connectivity index is 2.08. The van der Waals surface area contributed by atoms with Crippen LogP contribution in [0, 0.1) is 0 Å². The standard InChI is InChI=1S/C14H10Cl2N4/c1-20-14(9-6-7-12(16)17-8-9)18-13(19-20)10-4-2-3-5-11(10)15/h2-8H,1H3. The summed E-state index contributed by atoms with van der Waals surface area (Å²) in [7, 11) is 1.83. The van der Waals surface area contributed by atoms with Crippen molar-refractivity contribution in [2.45, 2.75) is 0 Å². The molecule has 3 rings (SSSR count). The van der Waals surface area contributed by atoms with E-state index in [1.807, 2.05) is 37.4 Å². The molecule has 20 heavy (non-hydrogen) atoms. The molecule has 100 valence electrons. The SMILES string of the molecule is Cn1nc(-c2ccccc2Cl)nc1-c1ccc(Cl)nc1. The number of aromatic nitrogens is 4. The van der Waals surface area contributed by atoms with E-state index in [9.17, 15) is 0 Å². The fraction of sp³-hybridized carbons (Fsp3) is 0.0714. The quantitative estimate of drug-likeness (QED) is 0.675. The van der Waals surface area contributed by atoms with E-state index in [1.54, 1.807) is 16.9 Å². The minimum absolute atomic E-state index is 0.447. The summed E-state index contributed by atoms with van der Waals surface area (Å²) in [6, 6.07) is 11.1. The summed E-state index contributed by atoms with van der Waals surface area (Å²) in [6.45, 7) is 0. The molecule has 0 bridgehead atoms. The molecule has 0 unspecified atom stereocenters. The van der Waals surface area contributed by atoms with E-state index in [0.717, 1.165) is 11.1 Å². The van der Waals surface area contributed by atoms with E-state index in [-0.39, 0.29) is 0 Å². The van der Waals surface area contributed by atoms with Gasteiger partial charge in [0.2, 0.25) is 0 Å². The summed E-state index contributed by atoms with van der Waals surface area (Å²) >= 11 is 12.0. The van der Waals surface area contributed by atoms with Crippen LogP contribution in [0.4, 0.5) is 0 Å². The summed E-state index contributed by atoms with van der Waals surface area (Å²) in [6.07, 6.45) is 1.67. The van der Waals surface area contributed by atoms with Gasteiger partial charge in [-0.1, -0.05) is 35.3 Å². The smallest absolute Gasteiger partial charge is 0.183 e. The van der Waals surface area contributed by atoms with Crippen LogP contribution in [0.5, 0.6) is 0 Å². The number of hydrogen-bond donors (Lipinski definition) is 0. The van der Waals surface area contributed by atoms with E-state index in [0.29, 0.717) is 21.8 Å². The topological polar surface area (TPSA) is 43.6 Å². The maximum atomic E-state index is 6.17. The first-order valence-electron chi connectivity index (χ1n) is 5.93. The highest BCUT2D eigenvalue weighted by Gasteiger charge is 2.13. The minimum Gasteiger partial charge on any atom is -0.248 e. The van der Waals surface area contributed by atoms with Crippen molar-refractivity contribution in [1.29, 1.82) is 0 Å². The van der Waals surface area contributed by atoms with Crippen molar-refractivity contribution < 1.29 is 0 Å². The van der Waals surface area contributed by atoms with Gasteiger partial charge in [-0.3, -0.25) is 0 Å². The zero-order chi connectivity index (χ0) is 14.1. The average molecular weight is 305 g/mol. The van der Waals surface area contributed by atoms with Gasteiger partial charge in [0.05, 0.1) is 5.02 Å². The third-order valence-corrected chi connectivity index (χ3v) is 3.42. The van der Waals surface area contributed by atoms with Crippen LogP contribution in [-0.2, 0) is 7.05 Å². The van der Waals surface area contributed by atoms with Crippen molar-refractivity contribution in [3.8, 4) is 22.8 Å². The fourth-order valence-corrected chi connectivity index (χ4v) is 2.23. The first kappa shape index (κ1) is 13.1. The van der Waals surface area contributed by atoms with Crippen molar-refractivity contribution in [1.82, 2.24) is 19.7 Å². The van der Waals surface area contributed by atoms with Gasteiger partial charge in [0.1, 0.15) is 5.15 Å². The Hall–Kier alpha value is -1.91. The van der Waals surface area contributed by atoms with Gasteiger partial charge in [-0.25, -0.2) is 14.6 Å². The molecule has 0 radical (unpaired) electrons. The van der Waals surface area contributed by atoms with Gasteiger partial charge >= 0.3 is 0 Å². The lowest BCUT2D eigenvalue weighted by Crippen LogP contribution is -1.94. The van der Waals surface area contributed by atoms with Crippen LogP contribution in [0.3, 0.4) is 0 Å². The van der Waals surface area contributed by atoms with Crippen molar-refractivity contribution in [2.75, 3.05) is 0 Å². The van der Waals surface area contributed by atoms with Gasteiger partial charge in [-0.05, 0) is 24.3 Å². The summed E-state index contributed by atoms with van der Waals surface area (Å²) in [5, 5.41) is 5.47. The van der Waals surface area contributed by atoms with Crippen LogP contribution in [0.15, 0.2) is 42.6 Å². The van der Waals surface area contributed by atoms with Gasteiger partial charge in [0.15, 0.2) is 11.6 Å². The molecule has 0 aliphatic rings. The minimum atomic E-state index is 0.447. The number of nitrogens with zero attached hydrogens (tertiary/aromatic N) is 4. The second-order valence-electron chi connectivity index (χ2n) is 4.23. The summed E-state index contributed by atoms with van der Waals surface area (Å²) in [5.74, 6) is 1.30. The molecule has 0 atom stereocenters. The number of hydrogen-bond acceptors (Lipinski definition) is 3. The Kier molecular flexibility index (Phi) is 3.42. The van der Waals surface area contributed by atoms with Crippen molar-refractivity contribution in [2.24, 2.45) is 7.05 Å². The van der Waals surface area contributed by atoms with Crippen LogP contribution in [-0.4, -0.2) is 19.7 Å². The molecule has 2 heterocycles. The van der Waals surface area contributed by atoms with Gasteiger partial charge in [-0.2, -0.15) is 5.10 Å². The van der Waals surface area contributed by atoms with Gasteiger partial charge < -0.3 is 0 Å². The third-order valence-electron chi connectivity index (χ3n) is 2.86. The lowest BCUT2D eigenvalue weighted by atomic mass is 10.2. The normalized spacial score (nSPS) is 10.8. The number of aryl methyl sites for hydroxylation is 1.